The molecule has 1 amide bonds. The van der Waals surface area contributed by atoms with Gasteiger partial charge in [-0.15, -0.1) is 0 Å². The van der Waals surface area contributed by atoms with Crippen LogP contribution in [0, 0.1) is 0 Å². The molecule has 0 saturated heterocycles. The van der Waals surface area contributed by atoms with Gasteiger partial charge in [0.05, 0.1) is 17.1 Å². The number of hydrogen-bond acceptors (Lipinski definition) is 3. The lowest BCUT2D eigenvalue weighted by Crippen LogP contribution is -2.30. The van der Waals surface area contributed by atoms with E-state index in [4.69, 9.17) is 27.9 Å². The topological polar surface area (TPSA) is 42.4 Å². The van der Waals surface area contributed by atoms with Gasteiger partial charge in [-0.05, 0) is 24.3 Å². The first-order chi connectivity index (χ1) is 10.1. The summed E-state index contributed by atoms with van der Waals surface area (Å²) in [6.07, 6.45) is 1.45. The van der Waals surface area contributed by atoms with Crippen LogP contribution in [0.25, 0.3) is 0 Å². The molecule has 0 spiro atoms. The highest BCUT2D eigenvalue weighted by atomic mass is 35.5. The highest BCUT2D eigenvalue weighted by Gasteiger charge is 2.12. The fourth-order valence-electron chi connectivity index (χ4n) is 1.68. The molecule has 0 fully saturated rings. The number of aromatic nitrogens is 1. The average Bonchev–Trinajstić information content (AvgIpc) is 2.49. The van der Waals surface area contributed by atoms with E-state index in [1.54, 1.807) is 36.2 Å². The second kappa shape index (κ2) is 7.29. The summed E-state index contributed by atoms with van der Waals surface area (Å²) < 4.78 is 5.55. The van der Waals surface area contributed by atoms with Gasteiger partial charge in [0, 0.05) is 13.2 Å². The van der Waals surface area contributed by atoms with Gasteiger partial charge in [-0.1, -0.05) is 35.3 Å². The monoisotopic (exact) mass is 324 g/mol. The van der Waals surface area contributed by atoms with Crippen molar-refractivity contribution in [2.45, 2.75) is 0 Å². The predicted molar refractivity (Wildman–Crippen MR) is 83.2 cm³/mol. The molecule has 4 nitrogen and oxygen atoms in total. The first-order valence-corrected chi connectivity index (χ1v) is 7.08. The number of ether oxygens (including phenoxy) is 1. The molecule has 0 N–H and O–H groups in total. The van der Waals surface area contributed by atoms with Crippen LogP contribution in [0.2, 0.25) is 10.2 Å². The van der Waals surface area contributed by atoms with Gasteiger partial charge in [0.25, 0.3) is 5.91 Å². The van der Waals surface area contributed by atoms with Crippen LogP contribution >= 0.6 is 23.2 Å². The Balaban J connectivity index is 1.87. The number of amides is 1. The minimum Gasteiger partial charge on any atom is -0.490 e. The minimum absolute atomic E-state index is 0.137. The maximum Gasteiger partial charge on any atom is 0.255 e. The molecule has 110 valence electrons. The van der Waals surface area contributed by atoms with Crippen molar-refractivity contribution in [2.75, 3.05) is 20.2 Å². The summed E-state index contributed by atoms with van der Waals surface area (Å²) in [4.78, 5) is 17.6. The number of carbonyl (C=O) groups excluding carboxylic acids is 1. The molecular formula is C15H14Cl2N2O2. The van der Waals surface area contributed by atoms with Gasteiger partial charge in [-0.25, -0.2) is 4.98 Å². The van der Waals surface area contributed by atoms with Gasteiger partial charge >= 0.3 is 0 Å². The molecule has 0 saturated carbocycles. The second-order valence-corrected chi connectivity index (χ2v) is 5.17. The van der Waals surface area contributed by atoms with Gasteiger partial charge in [0.1, 0.15) is 17.5 Å². The first kappa shape index (κ1) is 15.6. The molecular weight excluding hydrogens is 311 g/mol. The third kappa shape index (κ3) is 4.34. The van der Waals surface area contributed by atoms with Crippen LogP contribution in [-0.4, -0.2) is 36.0 Å². The number of halogens is 2. The molecule has 0 bridgehead atoms. The molecule has 6 heteroatoms. The van der Waals surface area contributed by atoms with Crippen molar-refractivity contribution in [1.82, 2.24) is 9.88 Å². The Bertz CT molecular complexity index is 617. The highest BCUT2D eigenvalue weighted by Crippen LogP contribution is 2.22. The van der Waals surface area contributed by atoms with Crippen LogP contribution in [0.5, 0.6) is 5.75 Å². The molecule has 0 atom stereocenters. The number of rotatable bonds is 5. The van der Waals surface area contributed by atoms with Gasteiger partial charge in [0.2, 0.25) is 0 Å². The molecule has 0 aliphatic carbocycles. The van der Waals surface area contributed by atoms with Crippen molar-refractivity contribution in [2.24, 2.45) is 0 Å². The molecule has 1 aromatic carbocycles. The van der Waals surface area contributed by atoms with Crippen molar-refractivity contribution < 1.29 is 9.53 Å². The van der Waals surface area contributed by atoms with Gasteiger partial charge in [0.15, 0.2) is 0 Å². The zero-order chi connectivity index (χ0) is 15.2. The quantitative estimate of drug-likeness (QED) is 0.790. The molecule has 2 aromatic rings. The molecule has 0 radical (unpaired) electrons. The zero-order valence-corrected chi connectivity index (χ0v) is 12.9. The maximum atomic E-state index is 12.1. The standard InChI is InChI=1S/C15H14Cl2N2O2/c1-19(15(20)11-6-7-14(17)18-10-11)8-9-21-13-5-3-2-4-12(13)16/h2-7,10H,8-9H2,1H3. The molecule has 1 heterocycles. The van der Waals surface area contributed by atoms with Crippen LogP contribution in [-0.2, 0) is 0 Å². The van der Waals surface area contributed by atoms with Crippen molar-refractivity contribution in [3.8, 4) is 5.75 Å². The van der Waals surface area contributed by atoms with Gasteiger partial charge in [-0.3, -0.25) is 4.79 Å². The number of para-hydroxylation sites is 1. The summed E-state index contributed by atoms with van der Waals surface area (Å²) in [5.74, 6) is 0.468. The number of likely N-dealkylation sites (N-methyl/N-ethyl adjacent to an activating group) is 1. The van der Waals surface area contributed by atoms with E-state index in [2.05, 4.69) is 4.98 Å². The average molecular weight is 325 g/mol. The van der Waals surface area contributed by atoms with E-state index in [0.717, 1.165) is 0 Å². The molecule has 0 aliphatic rings. The normalized spacial score (nSPS) is 10.2. The Hall–Kier alpha value is -1.78. The third-order valence-corrected chi connectivity index (χ3v) is 3.38. The zero-order valence-electron chi connectivity index (χ0n) is 11.4. The molecule has 21 heavy (non-hydrogen) atoms. The maximum absolute atomic E-state index is 12.1. The Morgan fingerprint density at radius 2 is 2.00 bits per heavy atom. The molecule has 1 aromatic heterocycles. The van der Waals surface area contributed by atoms with E-state index in [9.17, 15) is 4.79 Å². The third-order valence-electron chi connectivity index (χ3n) is 2.84. The summed E-state index contributed by atoms with van der Waals surface area (Å²) in [5.41, 5.74) is 0.486. The van der Waals surface area contributed by atoms with Crippen molar-refractivity contribution in [3.63, 3.8) is 0 Å². The fourth-order valence-corrected chi connectivity index (χ4v) is 1.98. The number of benzene rings is 1. The number of pyridine rings is 1. The highest BCUT2D eigenvalue weighted by molar-refractivity contribution is 6.32. The lowest BCUT2D eigenvalue weighted by atomic mass is 10.2. The van der Waals surface area contributed by atoms with E-state index in [1.165, 1.54) is 6.20 Å². The number of carbonyl (C=O) groups is 1. The summed E-state index contributed by atoms with van der Waals surface area (Å²) >= 11 is 11.7. The minimum atomic E-state index is -0.137. The Kier molecular flexibility index (Phi) is 5.42. The predicted octanol–water partition coefficient (Wildman–Crippen LogP) is 3.54. The van der Waals surface area contributed by atoms with Crippen LogP contribution < -0.4 is 4.74 Å². The molecule has 0 aliphatic heterocycles. The number of hydrogen-bond donors (Lipinski definition) is 0. The van der Waals surface area contributed by atoms with Crippen LogP contribution in [0.3, 0.4) is 0 Å². The van der Waals surface area contributed by atoms with E-state index in [1.807, 2.05) is 12.1 Å². The van der Waals surface area contributed by atoms with Crippen molar-refractivity contribution >= 4 is 29.1 Å². The largest absolute Gasteiger partial charge is 0.490 e. The van der Waals surface area contributed by atoms with E-state index < -0.39 is 0 Å². The lowest BCUT2D eigenvalue weighted by Gasteiger charge is -2.17. The van der Waals surface area contributed by atoms with Crippen molar-refractivity contribution in [3.05, 3.63) is 58.3 Å². The van der Waals surface area contributed by atoms with Gasteiger partial charge in [-0.2, -0.15) is 0 Å². The fraction of sp³-hybridized carbons (Fsp3) is 0.200. The Morgan fingerprint density at radius 3 is 2.67 bits per heavy atom. The van der Waals surface area contributed by atoms with Crippen molar-refractivity contribution in [1.29, 1.82) is 0 Å². The molecule has 2 rings (SSSR count). The first-order valence-electron chi connectivity index (χ1n) is 6.32. The second-order valence-electron chi connectivity index (χ2n) is 4.38. The van der Waals surface area contributed by atoms with E-state index >= 15 is 0 Å². The van der Waals surface area contributed by atoms with Crippen LogP contribution in [0.4, 0.5) is 0 Å². The summed E-state index contributed by atoms with van der Waals surface area (Å²) in [5, 5.41) is 0.907. The Morgan fingerprint density at radius 1 is 1.24 bits per heavy atom. The smallest absolute Gasteiger partial charge is 0.255 e. The summed E-state index contributed by atoms with van der Waals surface area (Å²) in [6, 6.07) is 10.4. The SMILES string of the molecule is CN(CCOc1ccccc1Cl)C(=O)c1ccc(Cl)nc1. The van der Waals surface area contributed by atoms with E-state index in [0.29, 0.717) is 34.6 Å². The number of nitrogens with zero attached hydrogens (tertiary/aromatic N) is 2. The lowest BCUT2D eigenvalue weighted by molar-refractivity contribution is 0.0773. The summed E-state index contributed by atoms with van der Waals surface area (Å²) in [6.45, 7) is 0.791. The van der Waals surface area contributed by atoms with Crippen LogP contribution in [0.1, 0.15) is 10.4 Å². The van der Waals surface area contributed by atoms with Crippen LogP contribution in [0.15, 0.2) is 42.6 Å². The van der Waals surface area contributed by atoms with Gasteiger partial charge < -0.3 is 9.64 Å². The molecule has 0 unspecified atom stereocenters. The Labute approximate surface area is 133 Å². The summed E-state index contributed by atoms with van der Waals surface area (Å²) in [7, 11) is 1.70. The van der Waals surface area contributed by atoms with E-state index in [-0.39, 0.29) is 5.91 Å².